The molecule has 0 atom stereocenters. The Morgan fingerprint density at radius 3 is 2.44 bits per heavy atom. The molecule has 0 aromatic carbocycles. The predicted octanol–water partition coefficient (Wildman–Crippen LogP) is 1.65. The molecule has 0 bridgehead atoms. The van der Waals surface area contributed by atoms with Gasteiger partial charge in [0.25, 0.3) is 0 Å². The molecule has 1 fully saturated rings. The normalized spacial score (nSPS) is 19.1. The summed E-state index contributed by atoms with van der Waals surface area (Å²) in [6.45, 7) is -2.53. The van der Waals surface area contributed by atoms with E-state index >= 15 is 0 Å². The van der Waals surface area contributed by atoms with E-state index in [1.807, 2.05) is 10.3 Å². The van der Waals surface area contributed by atoms with Crippen LogP contribution in [0, 0.1) is 0 Å². The maximum Gasteiger partial charge on any atom is 0.492 e. The first-order valence-electron chi connectivity index (χ1n) is 5.12. The third kappa shape index (κ3) is 3.12. The third-order valence-corrected chi connectivity index (χ3v) is 3.36. The number of thiazole rings is 1. The minimum Gasteiger partial charge on any atom is -0.448 e. The molecule has 2 heterocycles. The predicted molar refractivity (Wildman–Crippen MR) is 59.8 cm³/mol. The van der Waals surface area contributed by atoms with Gasteiger partial charge in [0.15, 0.2) is 5.13 Å². The zero-order chi connectivity index (χ0) is 11.6. The van der Waals surface area contributed by atoms with Gasteiger partial charge >= 0.3 is 6.98 Å². The Hall–Kier alpha value is -0.755. The highest BCUT2D eigenvalue weighted by atomic mass is 32.1. The summed E-state index contributed by atoms with van der Waals surface area (Å²) in [5, 5.41) is 2.78. The van der Waals surface area contributed by atoms with E-state index in [4.69, 9.17) is 0 Å². The Kier molecular flexibility index (Phi) is 3.39. The van der Waals surface area contributed by atoms with Gasteiger partial charge in [0, 0.05) is 37.8 Å². The first kappa shape index (κ1) is 11.7. The summed E-state index contributed by atoms with van der Waals surface area (Å²) in [6.07, 6.45) is 0.969. The maximum atomic E-state index is 12.2. The van der Waals surface area contributed by atoms with Crippen molar-refractivity contribution in [3.05, 3.63) is 11.6 Å². The number of hydrogen-bond acceptors (Lipinski definition) is 4. The average Bonchev–Trinajstić information content (AvgIpc) is 2.69. The molecule has 90 valence electrons. The van der Waals surface area contributed by atoms with Crippen LogP contribution < -0.4 is 4.90 Å². The molecule has 16 heavy (non-hydrogen) atoms. The van der Waals surface area contributed by atoms with Crippen LogP contribution in [0.2, 0.25) is 0 Å². The molecule has 0 radical (unpaired) electrons. The summed E-state index contributed by atoms with van der Waals surface area (Å²) in [7, 11) is 0. The van der Waals surface area contributed by atoms with E-state index in [1.54, 1.807) is 6.20 Å². The number of piperazine rings is 1. The lowest BCUT2D eigenvalue weighted by Gasteiger charge is -2.36. The Morgan fingerprint density at radius 2 is 1.94 bits per heavy atom. The molecule has 0 spiro atoms. The van der Waals surface area contributed by atoms with Gasteiger partial charge in [-0.15, -0.1) is 11.3 Å². The van der Waals surface area contributed by atoms with E-state index in [0.717, 1.165) is 5.13 Å². The second-order valence-electron chi connectivity index (χ2n) is 3.81. The molecule has 0 saturated carbocycles. The van der Waals surface area contributed by atoms with Gasteiger partial charge in [-0.05, 0) is 6.44 Å². The van der Waals surface area contributed by atoms with E-state index in [0.29, 0.717) is 26.2 Å². The summed E-state index contributed by atoms with van der Waals surface area (Å²) in [5.74, 6) is 0. The lowest BCUT2D eigenvalue weighted by atomic mass is 9.91. The molecule has 0 N–H and O–H groups in total. The average molecular weight is 250 g/mol. The minimum atomic E-state index is -4.70. The molecule has 1 aromatic rings. The van der Waals surface area contributed by atoms with Crippen LogP contribution in [-0.2, 0) is 0 Å². The number of hydrogen-bond donors (Lipinski definition) is 0. The van der Waals surface area contributed by atoms with Crippen LogP contribution in [0.15, 0.2) is 11.6 Å². The van der Waals surface area contributed by atoms with E-state index < -0.39 is 13.4 Å². The summed E-state index contributed by atoms with van der Waals surface area (Å²) < 4.78 is 36.6. The smallest absolute Gasteiger partial charge is 0.448 e. The molecule has 1 aliphatic heterocycles. The van der Waals surface area contributed by atoms with Gasteiger partial charge in [0.05, 0.1) is 0 Å². The summed E-state index contributed by atoms with van der Waals surface area (Å²) in [6, 6.07) is 0. The molecule has 1 aliphatic rings. The molecule has 1 aromatic heterocycles. The second-order valence-corrected chi connectivity index (χ2v) is 4.69. The molecule has 3 nitrogen and oxygen atoms in total. The molecule has 8 heteroatoms. The van der Waals surface area contributed by atoms with Crippen molar-refractivity contribution in [1.29, 1.82) is 0 Å². The van der Waals surface area contributed by atoms with Crippen LogP contribution in [-0.4, -0.2) is 49.5 Å². The quantitative estimate of drug-likeness (QED) is 0.760. The molecule has 0 unspecified atom stereocenters. The zero-order valence-electron chi connectivity index (χ0n) is 8.65. The van der Waals surface area contributed by atoms with Gasteiger partial charge in [-0.1, -0.05) is 0 Å². The van der Waals surface area contributed by atoms with Crippen molar-refractivity contribution in [2.75, 3.05) is 37.5 Å². The van der Waals surface area contributed by atoms with Crippen molar-refractivity contribution in [3.63, 3.8) is 0 Å². The van der Waals surface area contributed by atoms with Crippen molar-refractivity contribution < 1.29 is 12.9 Å². The number of aromatic nitrogens is 1. The Balaban J connectivity index is 1.83. The van der Waals surface area contributed by atoms with Crippen molar-refractivity contribution in [2.45, 2.75) is 0 Å². The van der Waals surface area contributed by atoms with E-state index in [1.165, 1.54) is 16.2 Å². The second kappa shape index (κ2) is 4.62. The number of rotatable bonds is 3. The lowest BCUT2D eigenvalue weighted by molar-refractivity contribution is 0.263. The Labute approximate surface area is 95.9 Å². The number of nitrogens with zero attached hydrogens (tertiary/aromatic N) is 3. The minimum absolute atomic E-state index is 0.459. The number of halogens is 3. The fraction of sp³-hybridized carbons (Fsp3) is 0.625. The highest BCUT2D eigenvalue weighted by Gasteiger charge is 2.28. The highest BCUT2D eigenvalue weighted by Crippen LogP contribution is 2.20. The molecule has 2 rings (SSSR count). The van der Waals surface area contributed by atoms with Gasteiger partial charge in [-0.3, -0.25) is 0 Å². The lowest BCUT2D eigenvalue weighted by Crippen LogP contribution is -2.50. The van der Waals surface area contributed by atoms with Gasteiger partial charge in [-0.2, -0.15) is 0 Å². The van der Waals surface area contributed by atoms with Crippen molar-refractivity contribution in [2.24, 2.45) is 0 Å². The molecule has 0 amide bonds. The van der Waals surface area contributed by atoms with E-state index in [-0.39, 0.29) is 0 Å². The van der Waals surface area contributed by atoms with Gasteiger partial charge in [0.2, 0.25) is 0 Å². The largest absolute Gasteiger partial charge is 0.492 e. The fourth-order valence-electron chi connectivity index (χ4n) is 1.79. The SMILES string of the molecule is F[B-](F)(F)CN1CCN(c2nccs2)CC1. The first-order chi connectivity index (χ1) is 7.54. The van der Waals surface area contributed by atoms with Gasteiger partial charge in [-0.25, -0.2) is 4.98 Å². The molecule has 0 aliphatic carbocycles. The van der Waals surface area contributed by atoms with E-state index in [2.05, 4.69) is 4.98 Å². The van der Waals surface area contributed by atoms with Crippen LogP contribution in [0.3, 0.4) is 0 Å². The monoisotopic (exact) mass is 250 g/mol. The van der Waals surface area contributed by atoms with E-state index in [9.17, 15) is 12.9 Å². The van der Waals surface area contributed by atoms with Gasteiger partial charge < -0.3 is 22.7 Å². The van der Waals surface area contributed by atoms with Crippen LogP contribution >= 0.6 is 11.3 Å². The first-order valence-corrected chi connectivity index (χ1v) is 6.00. The third-order valence-electron chi connectivity index (χ3n) is 2.53. The van der Waals surface area contributed by atoms with Crippen LogP contribution in [0.5, 0.6) is 0 Å². The van der Waals surface area contributed by atoms with Crippen molar-refractivity contribution >= 4 is 23.4 Å². The molecular weight excluding hydrogens is 238 g/mol. The van der Waals surface area contributed by atoms with Crippen LogP contribution in [0.4, 0.5) is 18.1 Å². The summed E-state index contributed by atoms with van der Waals surface area (Å²) in [5.41, 5.74) is 0. The van der Waals surface area contributed by atoms with Crippen LogP contribution in [0.1, 0.15) is 0 Å². The highest BCUT2D eigenvalue weighted by molar-refractivity contribution is 7.13. The summed E-state index contributed by atoms with van der Waals surface area (Å²) in [4.78, 5) is 7.64. The number of anilines is 1. The molecular formula is C8H12BF3N3S-. The molecule has 1 saturated heterocycles. The zero-order valence-corrected chi connectivity index (χ0v) is 9.47. The van der Waals surface area contributed by atoms with Crippen LogP contribution in [0.25, 0.3) is 0 Å². The Morgan fingerprint density at radius 1 is 1.25 bits per heavy atom. The topological polar surface area (TPSA) is 19.4 Å². The summed E-state index contributed by atoms with van der Waals surface area (Å²) >= 11 is 1.52. The standard InChI is InChI=1S/C8H12BF3N3S/c10-9(11,12)7-14-2-4-15(5-3-14)8-13-1-6-16-8/h1,6H,2-5,7H2/q-1. The van der Waals surface area contributed by atoms with Crippen molar-refractivity contribution in [3.8, 4) is 0 Å². The van der Waals surface area contributed by atoms with Crippen molar-refractivity contribution in [1.82, 2.24) is 9.88 Å². The Bertz CT molecular complexity index is 322. The fourth-order valence-corrected chi connectivity index (χ4v) is 2.48. The maximum absolute atomic E-state index is 12.2. The van der Waals surface area contributed by atoms with Gasteiger partial charge in [0.1, 0.15) is 0 Å².